The SMILES string of the molecule is CCC(COC)NCc1ccc(OC(F)(F)F)cc1. The van der Waals surface area contributed by atoms with Crippen molar-refractivity contribution in [3.05, 3.63) is 29.8 Å². The van der Waals surface area contributed by atoms with E-state index < -0.39 is 6.36 Å². The van der Waals surface area contributed by atoms with Crippen molar-refractivity contribution in [2.24, 2.45) is 0 Å². The fourth-order valence-electron chi connectivity index (χ4n) is 1.59. The molecule has 19 heavy (non-hydrogen) atoms. The van der Waals surface area contributed by atoms with Crippen LogP contribution in [0.3, 0.4) is 0 Å². The molecule has 1 aromatic rings. The summed E-state index contributed by atoms with van der Waals surface area (Å²) in [7, 11) is 1.63. The topological polar surface area (TPSA) is 30.5 Å². The molecule has 0 aliphatic heterocycles. The van der Waals surface area contributed by atoms with Gasteiger partial charge in [-0.1, -0.05) is 19.1 Å². The molecule has 6 heteroatoms. The number of nitrogens with one attached hydrogen (secondary N) is 1. The lowest BCUT2D eigenvalue weighted by Gasteiger charge is -2.16. The van der Waals surface area contributed by atoms with Crippen LogP contribution >= 0.6 is 0 Å². The average molecular weight is 277 g/mol. The molecule has 0 aliphatic rings. The van der Waals surface area contributed by atoms with Crippen LogP contribution in [0.25, 0.3) is 0 Å². The predicted octanol–water partition coefficient (Wildman–Crippen LogP) is 3.10. The Labute approximate surface area is 110 Å². The first kappa shape index (κ1) is 15.8. The molecule has 0 amide bonds. The zero-order valence-corrected chi connectivity index (χ0v) is 11.0. The van der Waals surface area contributed by atoms with Crippen LogP contribution in [0.2, 0.25) is 0 Å². The second-order valence-electron chi connectivity index (χ2n) is 4.13. The second-order valence-corrected chi connectivity index (χ2v) is 4.13. The highest BCUT2D eigenvalue weighted by Crippen LogP contribution is 2.22. The minimum Gasteiger partial charge on any atom is -0.406 e. The number of ether oxygens (including phenoxy) is 2. The summed E-state index contributed by atoms with van der Waals surface area (Å²) in [5.74, 6) is -0.208. The van der Waals surface area contributed by atoms with E-state index in [-0.39, 0.29) is 11.8 Å². The maximum absolute atomic E-state index is 12.0. The highest BCUT2D eigenvalue weighted by atomic mass is 19.4. The molecule has 0 radical (unpaired) electrons. The Morgan fingerprint density at radius 1 is 1.21 bits per heavy atom. The summed E-state index contributed by atoms with van der Waals surface area (Å²) < 4.78 is 44.8. The van der Waals surface area contributed by atoms with Crippen LogP contribution in [0, 0.1) is 0 Å². The Balaban J connectivity index is 2.48. The molecule has 0 aliphatic carbocycles. The molecule has 1 N–H and O–H groups in total. The molecule has 0 bridgehead atoms. The van der Waals surface area contributed by atoms with Gasteiger partial charge in [0.2, 0.25) is 0 Å². The lowest BCUT2D eigenvalue weighted by Crippen LogP contribution is -2.31. The van der Waals surface area contributed by atoms with Gasteiger partial charge in [-0.15, -0.1) is 13.2 Å². The summed E-state index contributed by atoms with van der Waals surface area (Å²) >= 11 is 0. The van der Waals surface area contributed by atoms with Gasteiger partial charge in [0.05, 0.1) is 6.61 Å². The molecule has 0 aromatic heterocycles. The fourth-order valence-corrected chi connectivity index (χ4v) is 1.59. The van der Waals surface area contributed by atoms with Crippen molar-refractivity contribution in [1.29, 1.82) is 0 Å². The van der Waals surface area contributed by atoms with E-state index in [2.05, 4.69) is 10.1 Å². The van der Waals surface area contributed by atoms with Gasteiger partial charge in [-0.3, -0.25) is 0 Å². The largest absolute Gasteiger partial charge is 0.573 e. The first-order valence-electron chi connectivity index (χ1n) is 6.01. The van der Waals surface area contributed by atoms with Crippen LogP contribution in [-0.4, -0.2) is 26.1 Å². The van der Waals surface area contributed by atoms with Gasteiger partial charge in [-0.05, 0) is 24.1 Å². The highest BCUT2D eigenvalue weighted by Gasteiger charge is 2.30. The minimum atomic E-state index is -4.65. The van der Waals surface area contributed by atoms with E-state index in [1.165, 1.54) is 12.1 Å². The van der Waals surface area contributed by atoms with E-state index >= 15 is 0 Å². The Bertz CT molecular complexity index is 365. The van der Waals surface area contributed by atoms with Gasteiger partial charge in [0, 0.05) is 19.7 Å². The molecule has 1 aromatic carbocycles. The number of alkyl halides is 3. The van der Waals surface area contributed by atoms with Crippen LogP contribution in [0.15, 0.2) is 24.3 Å². The zero-order chi connectivity index (χ0) is 14.3. The smallest absolute Gasteiger partial charge is 0.406 e. The Kier molecular flexibility index (Phi) is 6.11. The van der Waals surface area contributed by atoms with E-state index in [1.54, 1.807) is 19.2 Å². The number of hydrogen-bond acceptors (Lipinski definition) is 3. The van der Waals surface area contributed by atoms with Crippen molar-refractivity contribution in [2.75, 3.05) is 13.7 Å². The predicted molar refractivity (Wildman–Crippen MR) is 65.9 cm³/mol. The normalized spacial score (nSPS) is 13.3. The van der Waals surface area contributed by atoms with E-state index in [0.717, 1.165) is 12.0 Å². The summed E-state index contributed by atoms with van der Waals surface area (Å²) in [4.78, 5) is 0. The monoisotopic (exact) mass is 277 g/mol. The molecule has 1 atom stereocenters. The van der Waals surface area contributed by atoms with E-state index in [4.69, 9.17) is 4.74 Å². The molecular weight excluding hydrogens is 259 g/mol. The lowest BCUT2D eigenvalue weighted by atomic mass is 10.2. The fraction of sp³-hybridized carbons (Fsp3) is 0.538. The maximum atomic E-state index is 12.0. The number of methoxy groups -OCH3 is 1. The van der Waals surface area contributed by atoms with Gasteiger partial charge in [-0.25, -0.2) is 0 Å². The Morgan fingerprint density at radius 2 is 1.84 bits per heavy atom. The van der Waals surface area contributed by atoms with Crippen LogP contribution < -0.4 is 10.1 Å². The van der Waals surface area contributed by atoms with Gasteiger partial charge in [-0.2, -0.15) is 0 Å². The van der Waals surface area contributed by atoms with Crippen molar-refractivity contribution in [3.63, 3.8) is 0 Å². The standard InChI is InChI=1S/C13H18F3NO2/c1-3-11(9-18-2)17-8-10-4-6-12(7-5-10)19-13(14,15)16/h4-7,11,17H,3,8-9H2,1-2H3. The molecule has 3 nitrogen and oxygen atoms in total. The summed E-state index contributed by atoms with van der Waals surface area (Å²) in [5.41, 5.74) is 0.893. The molecule has 0 spiro atoms. The molecule has 108 valence electrons. The number of benzene rings is 1. The molecule has 1 rings (SSSR count). The van der Waals surface area contributed by atoms with E-state index in [9.17, 15) is 13.2 Å². The lowest BCUT2D eigenvalue weighted by molar-refractivity contribution is -0.274. The Morgan fingerprint density at radius 3 is 2.32 bits per heavy atom. The quantitative estimate of drug-likeness (QED) is 0.830. The summed E-state index contributed by atoms with van der Waals surface area (Å²) in [6.45, 7) is 3.22. The number of halogens is 3. The third-order valence-electron chi connectivity index (χ3n) is 2.61. The summed E-state index contributed by atoms with van der Waals surface area (Å²) in [6.07, 6.45) is -3.73. The van der Waals surface area contributed by atoms with Gasteiger partial charge < -0.3 is 14.8 Å². The minimum absolute atomic E-state index is 0.208. The first-order valence-corrected chi connectivity index (χ1v) is 6.01. The third-order valence-corrected chi connectivity index (χ3v) is 2.61. The molecule has 0 saturated heterocycles. The number of rotatable bonds is 7. The van der Waals surface area contributed by atoms with Gasteiger partial charge in [0.1, 0.15) is 5.75 Å². The van der Waals surface area contributed by atoms with Crippen LogP contribution in [-0.2, 0) is 11.3 Å². The summed E-state index contributed by atoms with van der Waals surface area (Å²) in [5, 5.41) is 3.27. The van der Waals surface area contributed by atoms with Gasteiger partial charge >= 0.3 is 6.36 Å². The summed E-state index contributed by atoms with van der Waals surface area (Å²) in [6, 6.07) is 6.06. The highest BCUT2D eigenvalue weighted by molar-refractivity contribution is 5.27. The van der Waals surface area contributed by atoms with Crippen LogP contribution in [0.5, 0.6) is 5.75 Å². The van der Waals surface area contributed by atoms with Gasteiger partial charge in [0.15, 0.2) is 0 Å². The van der Waals surface area contributed by atoms with Gasteiger partial charge in [0.25, 0.3) is 0 Å². The molecule has 0 saturated carbocycles. The van der Waals surface area contributed by atoms with Crippen molar-refractivity contribution in [2.45, 2.75) is 32.3 Å². The van der Waals surface area contributed by atoms with E-state index in [1.807, 2.05) is 6.92 Å². The second kappa shape index (κ2) is 7.35. The van der Waals surface area contributed by atoms with Crippen molar-refractivity contribution in [3.8, 4) is 5.75 Å². The van der Waals surface area contributed by atoms with Crippen LogP contribution in [0.4, 0.5) is 13.2 Å². The van der Waals surface area contributed by atoms with Crippen LogP contribution in [0.1, 0.15) is 18.9 Å². The molecule has 0 heterocycles. The van der Waals surface area contributed by atoms with Crippen molar-refractivity contribution < 1.29 is 22.6 Å². The van der Waals surface area contributed by atoms with E-state index in [0.29, 0.717) is 13.2 Å². The number of hydrogen-bond donors (Lipinski definition) is 1. The zero-order valence-electron chi connectivity index (χ0n) is 11.0. The Hall–Kier alpha value is -1.27. The third kappa shape index (κ3) is 6.45. The first-order chi connectivity index (χ1) is 8.94. The van der Waals surface area contributed by atoms with Crippen molar-refractivity contribution in [1.82, 2.24) is 5.32 Å². The average Bonchev–Trinajstić information content (AvgIpc) is 2.34. The maximum Gasteiger partial charge on any atom is 0.573 e. The van der Waals surface area contributed by atoms with Crippen molar-refractivity contribution >= 4 is 0 Å². The molecular formula is C13H18F3NO2. The molecule has 1 unspecified atom stereocenters. The molecule has 0 fully saturated rings.